The summed E-state index contributed by atoms with van der Waals surface area (Å²) in [4.78, 5) is 11.4. The highest BCUT2D eigenvalue weighted by Gasteiger charge is 2.14. The summed E-state index contributed by atoms with van der Waals surface area (Å²) in [5, 5.41) is 0. The molecule has 0 radical (unpaired) electrons. The summed E-state index contributed by atoms with van der Waals surface area (Å²) in [5.41, 5.74) is 5.39. The number of nitrogens with two attached hydrogens (primary N) is 1. The average Bonchev–Trinajstić information content (AvgIpc) is 2.22. The molecule has 1 rings (SSSR count). The molecule has 15 heavy (non-hydrogen) atoms. The molecule has 0 bridgehead atoms. The maximum Gasteiger partial charge on any atom is 0.141 e. The molecule has 0 spiro atoms. The van der Waals surface area contributed by atoms with Crippen molar-refractivity contribution in [2.24, 2.45) is 11.7 Å². The Morgan fingerprint density at radius 1 is 1.47 bits per heavy atom. The van der Waals surface area contributed by atoms with Gasteiger partial charge in [0.25, 0.3) is 0 Å². The first-order valence-corrected chi connectivity index (χ1v) is 4.71. The van der Waals surface area contributed by atoms with Gasteiger partial charge >= 0.3 is 0 Å². The second kappa shape index (κ2) is 4.98. The van der Waals surface area contributed by atoms with Gasteiger partial charge in [0, 0.05) is 18.9 Å². The Balaban J connectivity index is 2.80. The van der Waals surface area contributed by atoms with Crippen LogP contribution in [0.5, 0.6) is 0 Å². The number of hydrogen-bond acceptors (Lipinski definition) is 2. The van der Waals surface area contributed by atoms with Crippen molar-refractivity contribution in [2.45, 2.75) is 13.3 Å². The summed E-state index contributed by atoms with van der Waals surface area (Å²) in [7, 11) is 0. The third kappa shape index (κ3) is 3.09. The first kappa shape index (κ1) is 11.8. The monoisotopic (exact) mass is 213 g/mol. The van der Waals surface area contributed by atoms with Gasteiger partial charge in [0.05, 0.1) is 0 Å². The Bertz CT molecular complexity index is 366. The topological polar surface area (TPSA) is 43.1 Å². The summed E-state index contributed by atoms with van der Waals surface area (Å²) in [5.74, 6) is -1.61. The minimum atomic E-state index is -0.561. The Morgan fingerprint density at radius 2 is 2.13 bits per heavy atom. The average molecular weight is 213 g/mol. The lowest BCUT2D eigenvalue weighted by Crippen LogP contribution is -2.22. The molecular formula is C11H13F2NO. The van der Waals surface area contributed by atoms with E-state index in [1.165, 1.54) is 0 Å². The molecule has 0 amide bonds. The van der Waals surface area contributed by atoms with Gasteiger partial charge in [0.1, 0.15) is 17.4 Å². The number of rotatable bonds is 4. The van der Waals surface area contributed by atoms with Crippen molar-refractivity contribution in [3.8, 4) is 0 Å². The molecule has 1 unspecified atom stereocenters. The van der Waals surface area contributed by atoms with Gasteiger partial charge in [-0.1, -0.05) is 6.92 Å². The lowest BCUT2D eigenvalue weighted by Gasteiger charge is -2.07. The minimum Gasteiger partial charge on any atom is -0.330 e. The van der Waals surface area contributed by atoms with Crippen LogP contribution in [0.1, 0.15) is 12.5 Å². The molecule has 0 aliphatic heterocycles. The second-order valence-corrected chi connectivity index (χ2v) is 3.52. The van der Waals surface area contributed by atoms with Crippen LogP contribution in [0.4, 0.5) is 8.78 Å². The van der Waals surface area contributed by atoms with E-state index in [1.807, 2.05) is 0 Å². The molecule has 0 heterocycles. The fourth-order valence-electron chi connectivity index (χ4n) is 1.17. The highest BCUT2D eigenvalue weighted by molar-refractivity contribution is 5.83. The van der Waals surface area contributed by atoms with Crippen molar-refractivity contribution in [1.29, 1.82) is 0 Å². The van der Waals surface area contributed by atoms with Crippen molar-refractivity contribution in [3.05, 3.63) is 35.4 Å². The molecule has 0 aliphatic carbocycles. The molecule has 2 nitrogen and oxygen atoms in total. The van der Waals surface area contributed by atoms with Crippen LogP contribution >= 0.6 is 0 Å². The van der Waals surface area contributed by atoms with Gasteiger partial charge in [-0.15, -0.1) is 0 Å². The first-order valence-electron chi connectivity index (χ1n) is 4.71. The highest BCUT2D eigenvalue weighted by atomic mass is 19.1. The third-order valence-electron chi connectivity index (χ3n) is 2.28. The number of benzene rings is 1. The van der Waals surface area contributed by atoms with Crippen LogP contribution in [0.15, 0.2) is 18.2 Å². The number of Topliss-reactive ketones (excluding diaryl/α,β-unsaturated/α-hetero) is 1. The van der Waals surface area contributed by atoms with E-state index in [9.17, 15) is 13.6 Å². The molecule has 0 aliphatic rings. The minimum absolute atomic E-state index is 0.0836. The Hall–Kier alpha value is -1.29. The van der Waals surface area contributed by atoms with Gasteiger partial charge in [0.15, 0.2) is 0 Å². The van der Waals surface area contributed by atoms with E-state index in [0.29, 0.717) is 0 Å². The first-order chi connectivity index (χ1) is 7.04. The lowest BCUT2D eigenvalue weighted by molar-refractivity contribution is -0.121. The molecule has 0 saturated heterocycles. The van der Waals surface area contributed by atoms with E-state index in [0.717, 1.165) is 18.2 Å². The van der Waals surface area contributed by atoms with Crippen LogP contribution < -0.4 is 5.73 Å². The number of halogens is 2. The lowest BCUT2D eigenvalue weighted by atomic mass is 9.99. The van der Waals surface area contributed by atoms with Gasteiger partial charge in [-0.3, -0.25) is 4.79 Å². The second-order valence-electron chi connectivity index (χ2n) is 3.52. The van der Waals surface area contributed by atoms with Gasteiger partial charge in [-0.25, -0.2) is 8.78 Å². The van der Waals surface area contributed by atoms with E-state index in [1.54, 1.807) is 6.92 Å². The zero-order valence-electron chi connectivity index (χ0n) is 8.47. The van der Waals surface area contributed by atoms with Crippen molar-refractivity contribution in [2.75, 3.05) is 6.54 Å². The number of ketones is 1. The standard InChI is InChI=1S/C11H13F2NO/c1-7(6-14)11(15)5-8-4-9(12)2-3-10(8)13/h2-4,7H,5-6,14H2,1H3. The number of carbonyl (C=O) groups excluding carboxylic acids is 1. The summed E-state index contributed by atoms with van der Waals surface area (Å²) in [6.45, 7) is 1.88. The van der Waals surface area contributed by atoms with Crippen LogP contribution in [-0.4, -0.2) is 12.3 Å². The predicted octanol–water partition coefficient (Wildman–Crippen LogP) is 1.67. The van der Waals surface area contributed by atoms with Crippen LogP contribution in [-0.2, 0) is 11.2 Å². The van der Waals surface area contributed by atoms with Crippen molar-refractivity contribution in [1.82, 2.24) is 0 Å². The van der Waals surface area contributed by atoms with Crippen molar-refractivity contribution in [3.63, 3.8) is 0 Å². The predicted molar refractivity (Wildman–Crippen MR) is 53.3 cm³/mol. The van der Waals surface area contributed by atoms with E-state index in [-0.39, 0.29) is 30.2 Å². The maximum absolute atomic E-state index is 13.1. The largest absolute Gasteiger partial charge is 0.330 e. The van der Waals surface area contributed by atoms with Gasteiger partial charge < -0.3 is 5.73 Å². The summed E-state index contributed by atoms with van der Waals surface area (Å²) in [6.07, 6.45) is -0.109. The van der Waals surface area contributed by atoms with Gasteiger partial charge in [-0.05, 0) is 23.8 Å². The summed E-state index contributed by atoms with van der Waals surface area (Å²) in [6, 6.07) is 3.08. The molecule has 1 aromatic carbocycles. The normalized spacial score (nSPS) is 12.5. The molecule has 82 valence electrons. The zero-order chi connectivity index (χ0) is 11.4. The SMILES string of the molecule is CC(CN)C(=O)Cc1cc(F)ccc1F. The fourth-order valence-corrected chi connectivity index (χ4v) is 1.17. The van der Waals surface area contributed by atoms with Crippen LogP contribution in [0.25, 0.3) is 0 Å². The maximum atomic E-state index is 13.1. The molecule has 4 heteroatoms. The molecule has 1 atom stereocenters. The molecule has 0 aromatic heterocycles. The summed E-state index contributed by atoms with van der Waals surface area (Å²) >= 11 is 0. The highest BCUT2D eigenvalue weighted by Crippen LogP contribution is 2.12. The molecule has 0 saturated carbocycles. The smallest absolute Gasteiger partial charge is 0.141 e. The number of carbonyl (C=O) groups is 1. The van der Waals surface area contributed by atoms with E-state index in [4.69, 9.17) is 5.73 Å². The Morgan fingerprint density at radius 3 is 2.73 bits per heavy atom. The van der Waals surface area contributed by atoms with Gasteiger partial charge in [-0.2, -0.15) is 0 Å². The van der Waals surface area contributed by atoms with E-state index in [2.05, 4.69) is 0 Å². The molecule has 1 aromatic rings. The van der Waals surface area contributed by atoms with E-state index < -0.39 is 11.6 Å². The molecule has 2 N–H and O–H groups in total. The van der Waals surface area contributed by atoms with Crippen LogP contribution in [0.3, 0.4) is 0 Å². The van der Waals surface area contributed by atoms with Crippen LogP contribution in [0, 0.1) is 17.6 Å². The van der Waals surface area contributed by atoms with Gasteiger partial charge in [0.2, 0.25) is 0 Å². The summed E-state index contributed by atoms with van der Waals surface area (Å²) < 4.78 is 25.9. The number of hydrogen-bond donors (Lipinski definition) is 1. The van der Waals surface area contributed by atoms with Crippen molar-refractivity contribution < 1.29 is 13.6 Å². The zero-order valence-corrected chi connectivity index (χ0v) is 8.47. The Labute approximate surface area is 87.1 Å². The van der Waals surface area contributed by atoms with E-state index >= 15 is 0 Å². The van der Waals surface area contributed by atoms with Crippen LogP contribution in [0.2, 0.25) is 0 Å². The quantitative estimate of drug-likeness (QED) is 0.826. The third-order valence-corrected chi connectivity index (χ3v) is 2.28. The molecule has 0 fully saturated rings. The molecular weight excluding hydrogens is 200 g/mol. The van der Waals surface area contributed by atoms with Crippen molar-refractivity contribution >= 4 is 5.78 Å². The fraction of sp³-hybridized carbons (Fsp3) is 0.364. The Kier molecular flexibility index (Phi) is 3.91.